The summed E-state index contributed by atoms with van der Waals surface area (Å²) in [5, 5.41) is 10.2. The summed E-state index contributed by atoms with van der Waals surface area (Å²) in [5.74, 6) is -0.411. The van der Waals surface area contributed by atoms with Crippen LogP contribution in [0.4, 0.5) is 0 Å². The quantitative estimate of drug-likeness (QED) is 0.317. The maximum atomic E-state index is 12.7. The van der Waals surface area contributed by atoms with Crippen molar-refractivity contribution in [3.63, 3.8) is 0 Å². The van der Waals surface area contributed by atoms with Crippen LogP contribution in [0.3, 0.4) is 0 Å². The average molecular weight is 441 g/mol. The number of nitrogen functional groups attached to an aromatic ring is 1. The predicted octanol–water partition coefficient (Wildman–Crippen LogP) is 3.14. The molecule has 1 unspecified atom stereocenters. The zero-order valence-electron chi connectivity index (χ0n) is 17.1. The van der Waals surface area contributed by atoms with Crippen molar-refractivity contribution in [3.05, 3.63) is 93.8 Å². The monoisotopic (exact) mass is 440 g/mol. The van der Waals surface area contributed by atoms with Gasteiger partial charge < -0.3 is 20.8 Å². The van der Waals surface area contributed by atoms with E-state index >= 15 is 0 Å². The van der Waals surface area contributed by atoms with Crippen LogP contribution in [0.2, 0.25) is 0 Å². The Labute approximate surface area is 186 Å². The normalized spacial score (nSPS) is 11.3. The number of aromatic amines is 1. The van der Waals surface area contributed by atoms with Crippen molar-refractivity contribution in [1.29, 1.82) is 5.41 Å². The van der Waals surface area contributed by atoms with Crippen molar-refractivity contribution in [3.8, 4) is 11.3 Å². The summed E-state index contributed by atoms with van der Waals surface area (Å²) in [6, 6.07) is 19.9. The van der Waals surface area contributed by atoms with Crippen LogP contribution < -0.4 is 16.6 Å². The molecule has 0 saturated carbocycles. The second kappa shape index (κ2) is 11.1. The number of hydrogen-bond donors (Lipinski definition) is 4. The predicted molar refractivity (Wildman–Crippen MR) is 123 cm³/mol. The Hall–Kier alpha value is -3.42. The zero-order chi connectivity index (χ0) is 21.5. The van der Waals surface area contributed by atoms with E-state index in [-0.39, 0.29) is 42.5 Å². The van der Waals surface area contributed by atoms with Gasteiger partial charge in [0.15, 0.2) is 6.10 Å². The number of pyridine rings is 1. The molecule has 0 aliphatic rings. The Morgan fingerprint density at radius 3 is 2.35 bits per heavy atom. The molecule has 3 aromatic rings. The molecule has 1 heterocycles. The highest BCUT2D eigenvalue weighted by Crippen LogP contribution is 2.19. The first kappa shape index (κ1) is 23.9. The number of H-pyrrole nitrogens is 1. The van der Waals surface area contributed by atoms with Crippen molar-refractivity contribution in [2.24, 2.45) is 5.73 Å². The molecular formula is C23H25ClN4O3. The highest BCUT2D eigenvalue weighted by molar-refractivity contribution is 5.94. The molecule has 162 valence electrons. The van der Waals surface area contributed by atoms with Crippen LogP contribution in [-0.2, 0) is 16.1 Å². The number of benzene rings is 2. The van der Waals surface area contributed by atoms with Crippen LogP contribution in [0.1, 0.15) is 29.7 Å². The van der Waals surface area contributed by atoms with Crippen LogP contribution in [-0.4, -0.2) is 23.3 Å². The van der Waals surface area contributed by atoms with E-state index in [1.54, 1.807) is 43.3 Å². The standard InChI is InChI=1S/C23H24N4O3.ClH/c1-2-30-20(23(29)26-14-15-8-10-17(11-9-15)21(24)25)18-12-13-19(27-22(18)28)16-6-4-3-5-7-16;/h3-13,20H,2,14H2,1H3,(H3,24,25)(H,26,29)(H,27,28);1H. The van der Waals surface area contributed by atoms with Gasteiger partial charge in [0.2, 0.25) is 0 Å². The van der Waals surface area contributed by atoms with E-state index in [0.29, 0.717) is 11.3 Å². The Kier molecular flexibility index (Phi) is 8.54. The molecule has 0 fully saturated rings. The van der Waals surface area contributed by atoms with Crippen LogP contribution in [0.15, 0.2) is 71.5 Å². The summed E-state index contributed by atoms with van der Waals surface area (Å²) < 4.78 is 5.58. The van der Waals surface area contributed by atoms with E-state index in [0.717, 1.165) is 11.1 Å². The number of hydrogen-bond acceptors (Lipinski definition) is 4. The summed E-state index contributed by atoms with van der Waals surface area (Å²) in [7, 11) is 0. The molecule has 1 amide bonds. The van der Waals surface area contributed by atoms with Gasteiger partial charge in [-0.3, -0.25) is 15.0 Å². The van der Waals surface area contributed by atoms with Gasteiger partial charge in [-0.15, -0.1) is 12.4 Å². The third-order valence-electron chi connectivity index (χ3n) is 4.61. The summed E-state index contributed by atoms with van der Waals surface area (Å²) >= 11 is 0. The molecule has 8 heteroatoms. The van der Waals surface area contributed by atoms with Crippen LogP contribution in [0, 0.1) is 5.41 Å². The number of carbonyl (C=O) groups excluding carboxylic acids is 1. The highest BCUT2D eigenvalue weighted by atomic mass is 35.5. The van der Waals surface area contributed by atoms with Gasteiger partial charge in [0.1, 0.15) is 5.84 Å². The molecule has 1 aromatic heterocycles. The molecule has 1 atom stereocenters. The molecule has 0 radical (unpaired) electrons. The number of nitrogens with one attached hydrogen (secondary N) is 3. The lowest BCUT2D eigenvalue weighted by Crippen LogP contribution is -2.33. The molecule has 31 heavy (non-hydrogen) atoms. The lowest BCUT2D eigenvalue weighted by atomic mass is 10.1. The van der Waals surface area contributed by atoms with Crippen molar-refractivity contribution in [1.82, 2.24) is 10.3 Å². The van der Waals surface area contributed by atoms with Crippen LogP contribution in [0.5, 0.6) is 0 Å². The van der Waals surface area contributed by atoms with Crippen molar-refractivity contribution in [2.75, 3.05) is 6.61 Å². The van der Waals surface area contributed by atoms with Gasteiger partial charge in [-0.05, 0) is 30.2 Å². The van der Waals surface area contributed by atoms with E-state index in [4.69, 9.17) is 15.9 Å². The average Bonchev–Trinajstić information content (AvgIpc) is 2.77. The number of rotatable bonds is 8. The van der Waals surface area contributed by atoms with Gasteiger partial charge in [-0.2, -0.15) is 0 Å². The Morgan fingerprint density at radius 1 is 1.10 bits per heavy atom. The Morgan fingerprint density at radius 2 is 1.77 bits per heavy atom. The fourth-order valence-corrected chi connectivity index (χ4v) is 3.03. The SMILES string of the molecule is CCOC(C(=O)NCc1ccc(C(=N)N)cc1)c1ccc(-c2ccccc2)[nH]c1=O.Cl. The third kappa shape index (κ3) is 6.04. The van der Waals surface area contributed by atoms with E-state index < -0.39 is 12.0 Å². The number of carbonyl (C=O) groups is 1. The summed E-state index contributed by atoms with van der Waals surface area (Å²) in [6.07, 6.45) is -1.01. The number of halogens is 1. The molecule has 7 nitrogen and oxygen atoms in total. The van der Waals surface area contributed by atoms with E-state index in [1.807, 2.05) is 30.3 Å². The second-order valence-corrected chi connectivity index (χ2v) is 6.69. The summed E-state index contributed by atoms with van der Waals surface area (Å²) in [4.78, 5) is 28.2. The van der Waals surface area contributed by atoms with Gasteiger partial charge in [0.05, 0.1) is 5.56 Å². The summed E-state index contributed by atoms with van der Waals surface area (Å²) in [5.41, 5.74) is 8.35. The Bertz CT molecular complexity index is 1080. The van der Waals surface area contributed by atoms with Gasteiger partial charge in [-0.25, -0.2) is 0 Å². The molecule has 0 aliphatic heterocycles. The lowest BCUT2D eigenvalue weighted by molar-refractivity contribution is -0.133. The van der Waals surface area contributed by atoms with Gasteiger partial charge in [-0.1, -0.05) is 54.6 Å². The minimum absolute atomic E-state index is 0. The minimum Gasteiger partial charge on any atom is -0.384 e. The molecular weight excluding hydrogens is 416 g/mol. The van der Waals surface area contributed by atoms with Gasteiger partial charge >= 0.3 is 0 Å². The van der Waals surface area contributed by atoms with Gasteiger partial charge in [0, 0.05) is 24.4 Å². The first-order valence-electron chi connectivity index (χ1n) is 9.61. The smallest absolute Gasteiger partial charge is 0.254 e. The number of ether oxygens (including phenoxy) is 1. The summed E-state index contributed by atoms with van der Waals surface area (Å²) in [6.45, 7) is 2.32. The van der Waals surface area contributed by atoms with Gasteiger partial charge in [0.25, 0.3) is 11.5 Å². The largest absolute Gasteiger partial charge is 0.384 e. The number of amidine groups is 1. The molecule has 2 aromatic carbocycles. The maximum absolute atomic E-state index is 12.7. The fraction of sp³-hybridized carbons (Fsp3) is 0.174. The second-order valence-electron chi connectivity index (χ2n) is 6.69. The van der Waals surface area contributed by atoms with E-state index in [2.05, 4.69) is 10.3 Å². The molecule has 5 N–H and O–H groups in total. The Balaban J connectivity index is 0.00000341. The van der Waals surface area contributed by atoms with E-state index in [1.165, 1.54) is 0 Å². The minimum atomic E-state index is -1.01. The zero-order valence-corrected chi connectivity index (χ0v) is 17.9. The topological polar surface area (TPSA) is 121 Å². The van der Waals surface area contributed by atoms with Crippen molar-refractivity contribution < 1.29 is 9.53 Å². The third-order valence-corrected chi connectivity index (χ3v) is 4.61. The number of amides is 1. The molecule has 0 spiro atoms. The first-order valence-corrected chi connectivity index (χ1v) is 9.61. The maximum Gasteiger partial charge on any atom is 0.254 e. The van der Waals surface area contributed by atoms with Crippen molar-refractivity contribution in [2.45, 2.75) is 19.6 Å². The highest BCUT2D eigenvalue weighted by Gasteiger charge is 2.24. The van der Waals surface area contributed by atoms with Crippen molar-refractivity contribution >= 4 is 24.1 Å². The molecule has 3 rings (SSSR count). The molecule has 0 saturated heterocycles. The lowest BCUT2D eigenvalue weighted by Gasteiger charge is -2.17. The first-order chi connectivity index (χ1) is 14.5. The van der Waals surface area contributed by atoms with Crippen LogP contribution >= 0.6 is 12.4 Å². The molecule has 0 aliphatic carbocycles. The van der Waals surface area contributed by atoms with Crippen LogP contribution in [0.25, 0.3) is 11.3 Å². The van der Waals surface area contributed by atoms with E-state index in [9.17, 15) is 9.59 Å². The molecule has 0 bridgehead atoms. The number of aromatic nitrogens is 1. The number of nitrogens with two attached hydrogens (primary N) is 1. The fourth-order valence-electron chi connectivity index (χ4n) is 3.03.